The van der Waals surface area contributed by atoms with Crippen LogP contribution in [-0.4, -0.2) is 94.6 Å². The highest BCUT2D eigenvalue weighted by Crippen LogP contribution is 2.51. The van der Waals surface area contributed by atoms with Gasteiger partial charge in [-0.15, -0.1) is 0 Å². The summed E-state index contributed by atoms with van der Waals surface area (Å²) in [5.74, 6) is -1.95. The summed E-state index contributed by atoms with van der Waals surface area (Å²) in [6.07, 6.45) is 0. The number of benzene rings is 4. The smallest absolute Gasteiger partial charge is 0.338 e. The van der Waals surface area contributed by atoms with Gasteiger partial charge < -0.3 is 33.7 Å². The van der Waals surface area contributed by atoms with Gasteiger partial charge in [0.1, 0.15) is 46.5 Å². The Morgan fingerprint density at radius 2 is 0.958 bits per heavy atom. The van der Waals surface area contributed by atoms with Crippen molar-refractivity contribution in [1.82, 2.24) is 0 Å². The Morgan fingerprint density at radius 1 is 0.604 bits per heavy atom. The van der Waals surface area contributed by atoms with E-state index in [4.69, 9.17) is 29.2 Å². The number of esters is 2. The van der Waals surface area contributed by atoms with Gasteiger partial charge in [0, 0.05) is 0 Å². The number of rotatable bonds is 16. The fourth-order valence-corrected chi connectivity index (χ4v) is 8.23. The monoisotopic (exact) mass is 698 g/mol. The summed E-state index contributed by atoms with van der Waals surface area (Å²) in [4.78, 5) is 23.3. The highest BCUT2D eigenvalue weighted by atomic mass is 32.2. The Balaban J connectivity index is 0.000000273. The van der Waals surface area contributed by atoms with E-state index in [0.29, 0.717) is 0 Å². The molecule has 0 unspecified atom stereocenters. The van der Waals surface area contributed by atoms with E-state index in [2.05, 4.69) is 97.7 Å². The van der Waals surface area contributed by atoms with Crippen molar-refractivity contribution < 1.29 is 51.7 Å². The maximum Gasteiger partial charge on any atom is 0.338 e. The quantitative estimate of drug-likeness (QED) is 0.0764. The van der Waals surface area contributed by atoms with Crippen molar-refractivity contribution in [3.05, 3.63) is 120 Å². The van der Waals surface area contributed by atoms with Gasteiger partial charge in [0.05, 0.1) is 62.3 Å². The molecule has 0 radical (unpaired) electrons. The second-order valence-corrected chi connectivity index (χ2v) is 15.1. The summed E-state index contributed by atoms with van der Waals surface area (Å²) in [7, 11) is -6.48. The first-order valence-corrected chi connectivity index (χ1v) is 18.6. The molecular weight excluding hydrogens is 659 g/mol. The zero-order chi connectivity index (χ0) is 34.8. The summed E-state index contributed by atoms with van der Waals surface area (Å²) in [5, 5.41) is 21.4. The van der Waals surface area contributed by atoms with Crippen molar-refractivity contribution in [2.45, 2.75) is 4.90 Å². The van der Waals surface area contributed by atoms with Crippen molar-refractivity contribution in [2.24, 2.45) is 0 Å². The highest BCUT2D eigenvalue weighted by Gasteiger charge is 2.39. The highest BCUT2D eigenvalue weighted by molar-refractivity contribution is 7.95. The van der Waals surface area contributed by atoms with Crippen LogP contribution in [0, 0.1) is 0 Å². The third-order valence-electron chi connectivity index (χ3n) is 6.88. The third-order valence-corrected chi connectivity index (χ3v) is 11.7. The van der Waals surface area contributed by atoms with E-state index in [1.54, 1.807) is 0 Å². The van der Waals surface area contributed by atoms with Crippen molar-refractivity contribution in [1.29, 1.82) is 0 Å². The first kappa shape index (κ1) is 38.4. The lowest BCUT2D eigenvalue weighted by Gasteiger charge is -2.22. The molecular formula is C35H39O11PS. The van der Waals surface area contributed by atoms with Crippen molar-refractivity contribution >= 4 is 45.2 Å². The average molecular weight is 699 g/mol. The molecule has 4 aromatic carbocycles. The van der Waals surface area contributed by atoms with Gasteiger partial charge >= 0.3 is 11.9 Å². The molecule has 0 saturated heterocycles. The van der Waals surface area contributed by atoms with Crippen LogP contribution in [0.3, 0.4) is 0 Å². The number of ether oxygens (including phenoxy) is 4. The van der Waals surface area contributed by atoms with E-state index in [1.807, 2.05) is 0 Å². The van der Waals surface area contributed by atoms with Gasteiger partial charge in [-0.05, 0) is 54.6 Å². The van der Waals surface area contributed by atoms with E-state index in [-0.39, 0.29) is 64.0 Å². The fourth-order valence-electron chi connectivity index (χ4n) is 4.49. The lowest BCUT2D eigenvalue weighted by molar-refractivity contribution is 0.0255. The number of aliphatic hydroxyl groups excluding tert-OH is 2. The van der Waals surface area contributed by atoms with Crippen LogP contribution in [0.25, 0.3) is 0 Å². The molecule has 2 N–H and O–H groups in total. The van der Waals surface area contributed by atoms with Gasteiger partial charge in [0.15, 0.2) is 0 Å². The van der Waals surface area contributed by atoms with Crippen LogP contribution in [0.1, 0.15) is 20.7 Å². The summed E-state index contributed by atoms with van der Waals surface area (Å²) in [5.41, 5.74) is -0.662. The molecule has 4 rings (SSSR count). The van der Waals surface area contributed by atoms with Crippen LogP contribution in [0.5, 0.6) is 0 Å². The maximum atomic E-state index is 12.0. The largest absolute Gasteiger partial charge is 0.744 e. The molecule has 0 aromatic heterocycles. The SMILES string of the molecule is C[P+](c1ccccc1)(c1ccccc1)c1ccccc1.O=C(OCCOCCO)c1cc(C(=O)OCCOCCO)cc(S(=O)(=O)[O-])c1. The molecule has 0 aliphatic carbocycles. The second-order valence-electron chi connectivity index (χ2n) is 10.2. The molecule has 0 fully saturated rings. The minimum Gasteiger partial charge on any atom is -0.744 e. The molecule has 0 bridgehead atoms. The van der Waals surface area contributed by atoms with Crippen LogP contribution < -0.4 is 15.9 Å². The molecule has 4 aromatic rings. The zero-order valence-electron chi connectivity index (χ0n) is 26.5. The first-order valence-electron chi connectivity index (χ1n) is 15.0. The Bertz CT molecular complexity index is 1530. The summed E-state index contributed by atoms with van der Waals surface area (Å²) >= 11 is 0. The number of aliphatic hydroxyl groups is 2. The molecule has 0 heterocycles. The van der Waals surface area contributed by atoms with Crippen molar-refractivity contribution in [3.63, 3.8) is 0 Å². The molecule has 0 aliphatic rings. The van der Waals surface area contributed by atoms with E-state index in [9.17, 15) is 22.6 Å². The molecule has 48 heavy (non-hydrogen) atoms. The predicted octanol–water partition coefficient (Wildman–Crippen LogP) is 2.53. The van der Waals surface area contributed by atoms with Gasteiger partial charge in [-0.25, -0.2) is 18.0 Å². The van der Waals surface area contributed by atoms with E-state index in [1.165, 1.54) is 15.9 Å². The van der Waals surface area contributed by atoms with E-state index >= 15 is 0 Å². The third kappa shape index (κ3) is 11.6. The average Bonchev–Trinajstić information content (AvgIpc) is 3.11. The molecule has 0 amide bonds. The van der Waals surface area contributed by atoms with Crippen LogP contribution in [0.4, 0.5) is 0 Å². The Morgan fingerprint density at radius 3 is 1.27 bits per heavy atom. The molecule has 256 valence electrons. The molecule has 0 spiro atoms. The van der Waals surface area contributed by atoms with Crippen LogP contribution in [0.15, 0.2) is 114 Å². The van der Waals surface area contributed by atoms with Crippen LogP contribution in [0.2, 0.25) is 0 Å². The predicted molar refractivity (Wildman–Crippen MR) is 182 cm³/mol. The zero-order valence-corrected chi connectivity index (χ0v) is 28.2. The first-order chi connectivity index (χ1) is 23.1. The summed E-state index contributed by atoms with van der Waals surface area (Å²) in [6.45, 7) is 1.74. The van der Waals surface area contributed by atoms with Crippen molar-refractivity contribution in [3.8, 4) is 0 Å². The summed E-state index contributed by atoms with van der Waals surface area (Å²) < 4.78 is 53.4. The van der Waals surface area contributed by atoms with Crippen molar-refractivity contribution in [2.75, 3.05) is 59.5 Å². The lowest BCUT2D eigenvalue weighted by Crippen LogP contribution is -2.30. The van der Waals surface area contributed by atoms with Crippen LogP contribution in [-0.2, 0) is 29.1 Å². The summed E-state index contributed by atoms with van der Waals surface area (Å²) in [6, 6.07) is 35.3. The number of carbonyl (C=O) groups excluding carboxylic acids is 2. The Hall–Kier alpha value is -4.00. The standard InChI is InChI=1S/C19H18P.C16H22O11S/c1-20(17-11-5-2-6-12-17,18-13-7-3-8-14-18)19-15-9-4-10-16-19;17-1-3-24-5-7-26-15(19)12-9-13(11-14(10-12)28(21,22)23)16(20)27-8-6-25-4-2-18/h2-16H,1H3;9-11,17-18H,1-8H2,(H,21,22,23)/q+1;/p-1. The normalized spacial score (nSPS) is 11.2. The fraction of sp³-hybridized carbons (Fsp3) is 0.257. The molecule has 13 heteroatoms. The topological polar surface area (TPSA) is 169 Å². The molecule has 0 atom stereocenters. The van der Waals surface area contributed by atoms with Gasteiger partial charge in [-0.3, -0.25) is 0 Å². The maximum absolute atomic E-state index is 12.0. The molecule has 0 aliphatic heterocycles. The second kappa shape index (κ2) is 19.7. The molecule has 0 saturated carbocycles. The minimum atomic E-state index is -4.95. The Labute approximate surface area is 281 Å². The number of hydrogen-bond donors (Lipinski definition) is 2. The minimum absolute atomic E-state index is 0.00537. The Kier molecular flexibility index (Phi) is 15.8. The van der Waals surface area contributed by atoms with Gasteiger partial charge in [-0.1, -0.05) is 54.6 Å². The number of carbonyl (C=O) groups is 2. The van der Waals surface area contributed by atoms with Gasteiger partial charge in [-0.2, -0.15) is 0 Å². The number of hydrogen-bond acceptors (Lipinski definition) is 11. The van der Waals surface area contributed by atoms with E-state index in [0.717, 1.165) is 18.2 Å². The van der Waals surface area contributed by atoms with Gasteiger partial charge in [0.2, 0.25) is 0 Å². The van der Waals surface area contributed by atoms with Gasteiger partial charge in [0.25, 0.3) is 0 Å². The van der Waals surface area contributed by atoms with Crippen LogP contribution >= 0.6 is 7.26 Å². The lowest BCUT2D eigenvalue weighted by atomic mass is 10.1. The van der Waals surface area contributed by atoms with E-state index < -0.39 is 34.2 Å². The molecule has 11 nitrogen and oxygen atoms in total.